The van der Waals surface area contributed by atoms with Gasteiger partial charge in [0.15, 0.2) is 0 Å². The van der Waals surface area contributed by atoms with Gasteiger partial charge in [-0.3, -0.25) is 4.79 Å². The molecule has 2 aliphatic heterocycles. The normalized spacial score (nSPS) is 31.9. The van der Waals surface area contributed by atoms with Crippen LogP contribution < -0.4 is 10.6 Å². The smallest absolute Gasteiger partial charge is 0.230 e. The molecule has 1 amide bonds. The highest BCUT2D eigenvalue weighted by Gasteiger charge is 2.22. The zero-order valence-electron chi connectivity index (χ0n) is 11.8. The Kier molecular flexibility index (Phi) is 6.47. The Bertz CT molecular complexity index is 283. The Labute approximate surface area is 120 Å². The van der Waals surface area contributed by atoms with Gasteiger partial charge in [0.05, 0.1) is 11.9 Å². The first-order chi connectivity index (χ1) is 9.25. The van der Waals surface area contributed by atoms with E-state index >= 15 is 0 Å². The van der Waals surface area contributed by atoms with E-state index in [2.05, 4.69) is 17.6 Å². The van der Waals surface area contributed by atoms with Crippen LogP contribution in [0.5, 0.6) is 0 Å². The molecule has 0 spiro atoms. The van der Waals surface area contributed by atoms with Crippen molar-refractivity contribution in [2.45, 2.75) is 57.2 Å². The molecule has 19 heavy (non-hydrogen) atoms. The molecule has 0 aromatic rings. The molecule has 110 valence electrons. The number of carbonyl (C=O) groups is 1. The van der Waals surface area contributed by atoms with E-state index in [9.17, 15) is 4.79 Å². The van der Waals surface area contributed by atoms with Crippen molar-refractivity contribution in [3.05, 3.63) is 0 Å². The highest BCUT2D eigenvalue weighted by Crippen LogP contribution is 2.17. The summed E-state index contributed by atoms with van der Waals surface area (Å²) in [6, 6.07) is 0.692. The second-order valence-corrected chi connectivity index (χ2v) is 6.59. The largest absolute Gasteiger partial charge is 0.377 e. The number of hydrogen-bond acceptors (Lipinski definition) is 4. The van der Waals surface area contributed by atoms with Gasteiger partial charge in [-0.05, 0) is 45.6 Å². The first-order valence-electron chi connectivity index (χ1n) is 7.48. The van der Waals surface area contributed by atoms with Crippen LogP contribution in [0.3, 0.4) is 0 Å². The molecule has 0 radical (unpaired) electrons. The fraction of sp³-hybridized carbons (Fsp3) is 0.929. The number of carbonyl (C=O) groups excluding carboxylic acids is 1. The van der Waals surface area contributed by atoms with Gasteiger partial charge in [0.1, 0.15) is 0 Å². The van der Waals surface area contributed by atoms with Crippen molar-refractivity contribution in [2.75, 3.05) is 24.7 Å². The Hall–Kier alpha value is -0.260. The summed E-state index contributed by atoms with van der Waals surface area (Å²) >= 11 is 1.70. The average molecular weight is 286 g/mol. The fourth-order valence-corrected chi connectivity index (χ4v) is 3.62. The molecule has 0 aromatic heterocycles. The summed E-state index contributed by atoms with van der Waals surface area (Å²) in [5.74, 6) is 1.68. The molecule has 2 N–H and O–H groups in total. The van der Waals surface area contributed by atoms with Crippen LogP contribution in [0.25, 0.3) is 0 Å². The van der Waals surface area contributed by atoms with Crippen LogP contribution in [0.2, 0.25) is 0 Å². The molecule has 0 bridgehead atoms. The zero-order valence-corrected chi connectivity index (χ0v) is 12.6. The minimum atomic E-state index is 0.168. The maximum atomic E-state index is 11.9. The lowest BCUT2D eigenvalue weighted by atomic mass is 10.00. The fourth-order valence-electron chi connectivity index (χ4n) is 2.71. The molecule has 5 heteroatoms. The summed E-state index contributed by atoms with van der Waals surface area (Å²) < 4.78 is 5.66. The van der Waals surface area contributed by atoms with Crippen LogP contribution in [0, 0.1) is 0 Å². The van der Waals surface area contributed by atoms with Crippen LogP contribution in [-0.4, -0.2) is 48.8 Å². The van der Waals surface area contributed by atoms with Crippen LogP contribution in [-0.2, 0) is 9.53 Å². The predicted octanol–water partition coefficient (Wildman–Crippen LogP) is 1.55. The van der Waals surface area contributed by atoms with Gasteiger partial charge in [0.2, 0.25) is 5.91 Å². The molecule has 0 aliphatic carbocycles. The van der Waals surface area contributed by atoms with E-state index in [4.69, 9.17) is 4.74 Å². The van der Waals surface area contributed by atoms with E-state index in [1.54, 1.807) is 11.8 Å². The third-order valence-electron chi connectivity index (χ3n) is 3.92. The van der Waals surface area contributed by atoms with Crippen molar-refractivity contribution in [3.63, 3.8) is 0 Å². The lowest BCUT2D eigenvalue weighted by Crippen LogP contribution is -2.52. The summed E-state index contributed by atoms with van der Waals surface area (Å²) in [7, 11) is 0. The summed E-state index contributed by atoms with van der Waals surface area (Å²) in [6.07, 6.45) is 6.21. The summed E-state index contributed by atoms with van der Waals surface area (Å²) in [5, 5.41) is 6.55. The molecule has 3 unspecified atom stereocenters. The first-order valence-corrected chi connectivity index (χ1v) is 8.63. The van der Waals surface area contributed by atoms with E-state index in [1.807, 2.05) is 0 Å². The SMILES string of the molecule is CC1NCCCC1NC(=O)CSCC1CCCCO1. The van der Waals surface area contributed by atoms with Crippen molar-refractivity contribution in [1.29, 1.82) is 0 Å². The average Bonchev–Trinajstić information content (AvgIpc) is 2.43. The van der Waals surface area contributed by atoms with Crippen molar-refractivity contribution >= 4 is 17.7 Å². The van der Waals surface area contributed by atoms with Crippen molar-refractivity contribution in [2.24, 2.45) is 0 Å². The van der Waals surface area contributed by atoms with Crippen LogP contribution in [0.15, 0.2) is 0 Å². The van der Waals surface area contributed by atoms with E-state index < -0.39 is 0 Å². The molecular formula is C14H26N2O2S. The molecule has 2 heterocycles. The molecule has 2 aliphatic rings. The van der Waals surface area contributed by atoms with E-state index in [0.717, 1.165) is 38.2 Å². The third-order valence-corrected chi connectivity index (χ3v) is 4.99. The predicted molar refractivity (Wildman–Crippen MR) is 79.5 cm³/mol. The molecule has 0 aromatic carbocycles. The van der Waals surface area contributed by atoms with Gasteiger partial charge >= 0.3 is 0 Å². The number of hydrogen-bond donors (Lipinski definition) is 2. The Morgan fingerprint density at radius 1 is 1.37 bits per heavy atom. The second kappa shape index (κ2) is 8.12. The van der Waals surface area contributed by atoms with Gasteiger partial charge in [-0.15, -0.1) is 11.8 Å². The van der Waals surface area contributed by atoms with Crippen molar-refractivity contribution < 1.29 is 9.53 Å². The van der Waals surface area contributed by atoms with Gasteiger partial charge in [0.25, 0.3) is 0 Å². The Morgan fingerprint density at radius 3 is 3.00 bits per heavy atom. The minimum Gasteiger partial charge on any atom is -0.377 e. The number of amides is 1. The monoisotopic (exact) mass is 286 g/mol. The van der Waals surface area contributed by atoms with Crippen LogP contribution >= 0.6 is 11.8 Å². The van der Waals surface area contributed by atoms with E-state index in [0.29, 0.717) is 23.9 Å². The lowest BCUT2D eigenvalue weighted by Gasteiger charge is -2.30. The number of rotatable bonds is 5. The van der Waals surface area contributed by atoms with E-state index in [-0.39, 0.29) is 5.91 Å². The van der Waals surface area contributed by atoms with Crippen molar-refractivity contribution in [1.82, 2.24) is 10.6 Å². The Balaban J connectivity index is 1.58. The highest BCUT2D eigenvalue weighted by molar-refractivity contribution is 7.99. The number of nitrogens with one attached hydrogen (secondary N) is 2. The molecule has 2 fully saturated rings. The van der Waals surface area contributed by atoms with Crippen LogP contribution in [0.1, 0.15) is 39.0 Å². The molecule has 0 saturated carbocycles. The summed E-state index contributed by atoms with van der Waals surface area (Å²) in [5.41, 5.74) is 0. The molecule has 3 atom stereocenters. The minimum absolute atomic E-state index is 0.168. The highest BCUT2D eigenvalue weighted by atomic mass is 32.2. The van der Waals surface area contributed by atoms with Gasteiger partial charge in [-0.25, -0.2) is 0 Å². The van der Waals surface area contributed by atoms with Crippen molar-refractivity contribution in [3.8, 4) is 0 Å². The number of piperidine rings is 1. The Morgan fingerprint density at radius 2 is 2.26 bits per heavy atom. The number of thioether (sulfide) groups is 1. The number of ether oxygens (including phenoxy) is 1. The second-order valence-electron chi connectivity index (χ2n) is 5.56. The summed E-state index contributed by atoms with van der Waals surface area (Å²) in [4.78, 5) is 11.9. The van der Waals surface area contributed by atoms with Gasteiger partial charge < -0.3 is 15.4 Å². The van der Waals surface area contributed by atoms with Gasteiger partial charge in [-0.1, -0.05) is 0 Å². The quantitative estimate of drug-likeness (QED) is 0.805. The topological polar surface area (TPSA) is 50.4 Å². The third kappa shape index (κ3) is 5.32. The lowest BCUT2D eigenvalue weighted by molar-refractivity contribution is -0.119. The molecule has 2 saturated heterocycles. The molecular weight excluding hydrogens is 260 g/mol. The van der Waals surface area contributed by atoms with Crippen LogP contribution in [0.4, 0.5) is 0 Å². The molecule has 4 nitrogen and oxygen atoms in total. The standard InChI is InChI=1S/C14H26N2O2S/c1-11-13(6-4-7-15-11)16-14(17)10-19-9-12-5-2-3-8-18-12/h11-13,15H,2-10H2,1H3,(H,16,17). The van der Waals surface area contributed by atoms with Gasteiger partial charge in [-0.2, -0.15) is 0 Å². The summed E-state index contributed by atoms with van der Waals surface area (Å²) in [6.45, 7) is 4.11. The molecule has 2 rings (SSSR count). The maximum Gasteiger partial charge on any atom is 0.230 e. The van der Waals surface area contributed by atoms with E-state index in [1.165, 1.54) is 12.8 Å². The first kappa shape index (κ1) is 15.1. The zero-order chi connectivity index (χ0) is 13.5. The van der Waals surface area contributed by atoms with Gasteiger partial charge in [0, 0.05) is 24.4 Å². The maximum absolute atomic E-state index is 11.9.